The van der Waals surface area contributed by atoms with Gasteiger partial charge in [0.2, 0.25) is 0 Å². The Balaban J connectivity index is 1.83. The zero-order valence-electron chi connectivity index (χ0n) is 11.2. The van der Waals surface area contributed by atoms with Gasteiger partial charge in [-0.3, -0.25) is 4.79 Å². The van der Waals surface area contributed by atoms with Crippen LogP contribution in [0.2, 0.25) is 0 Å². The van der Waals surface area contributed by atoms with Gasteiger partial charge >= 0.3 is 0 Å². The van der Waals surface area contributed by atoms with Crippen molar-refractivity contribution in [1.29, 1.82) is 0 Å². The molecule has 0 bridgehead atoms. The number of aryl methyl sites for hydroxylation is 1. The Kier molecular flexibility index (Phi) is 4.23. The summed E-state index contributed by atoms with van der Waals surface area (Å²) in [6, 6.07) is 11.8. The lowest BCUT2D eigenvalue weighted by atomic mass is 10.2. The maximum atomic E-state index is 12.0. The second-order valence-corrected chi connectivity index (χ2v) is 4.64. The molecule has 1 heterocycles. The number of para-hydroxylation sites is 1. The monoisotopic (exact) mass is 257 g/mol. The van der Waals surface area contributed by atoms with Crippen molar-refractivity contribution in [2.24, 2.45) is 0 Å². The summed E-state index contributed by atoms with van der Waals surface area (Å²) in [6.07, 6.45) is 1.77. The van der Waals surface area contributed by atoms with E-state index in [1.807, 2.05) is 44.2 Å². The minimum atomic E-state index is -0.0406. The van der Waals surface area contributed by atoms with E-state index < -0.39 is 0 Å². The van der Waals surface area contributed by atoms with Crippen molar-refractivity contribution >= 4 is 11.6 Å². The van der Waals surface area contributed by atoms with E-state index in [1.54, 1.807) is 12.3 Å². The van der Waals surface area contributed by atoms with Crippen LogP contribution in [0.1, 0.15) is 23.0 Å². The third-order valence-electron chi connectivity index (χ3n) is 2.96. The molecule has 1 aromatic carbocycles. The smallest absolute Gasteiger partial charge is 0.253 e. The minimum absolute atomic E-state index is 0.0406. The largest absolute Gasteiger partial charge is 0.383 e. The van der Waals surface area contributed by atoms with Gasteiger partial charge in [0.1, 0.15) is 0 Å². The molecule has 1 aromatic heterocycles. The Morgan fingerprint density at radius 2 is 2.00 bits per heavy atom. The SMILES string of the molecule is Cc1[nH]ccc1C(=O)N[C@@H](C)CNc1ccccc1. The van der Waals surface area contributed by atoms with Crippen LogP contribution in [0.5, 0.6) is 0 Å². The summed E-state index contributed by atoms with van der Waals surface area (Å²) >= 11 is 0. The normalized spacial score (nSPS) is 11.9. The minimum Gasteiger partial charge on any atom is -0.383 e. The predicted octanol–water partition coefficient (Wildman–Crippen LogP) is 2.55. The van der Waals surface area contributed by atoms with Gasteiger partial charge in [-0.05, 0) is 32.0 Å². The standard InChI is InChI=1S/C15H19N3O/c1-11(10-17-13-6-4-3-5-7-13)18-15(19)14-8-9-16-12(14)2/h3-9,11,16-17H,10H2,1-2H3,(H,18,19)/t11-/m0/s1. The summed E-state index contributed by atoms with van der Waals surface area (Å²) in [5.41, 5.74) is 2.65. The maximum Gasteiger partial charge on any atom is 0.253 e. The first-order valence-electron chi connectivity index (χ1n) is 6.40. The quantitative estimate of drug-likeness (QED) is 0.771. The van der Waals surface area contributed by atoms with Gasteiger partial charge in [-0.25, -0.2) is 0 Å². The lowest BCUT2D eigenvalue weighted by Crippen LogP contribution is -2.37. The first-order chi connectivity index (χ1) is 9.16. The van der Waals surface area contributed by atoms with Gasteiger partial charge in [-0.15, -0.1) is 0 Å². The first-order valence-corrected chi connectivity index (χ1v) is 6.40. The molecular weight excluding hydrogens is 238 g/mol. The van der Waals surface area contributed by atoms with Gasteiger partial charge in [0, 0.05) is 30.2 Å². The zero-order valence-corrected chi connectivity index (χ0v) is 11.2. The van der Waals surface area contributed by atoms with Gasteiger partial charge in [-0.2, -0.15) is 0 Å². The summed E-state index contributed by atoms with van der Waals surface area (Å²) in [5.74, 6) is -0.0406. The van der Waals surface area contributed by atoms with Crippen molar-refractivity contribution in [3.8, 4) is 0 Å². The molecule has 2 aromatic rings. The average molecular weight is 257 g/mol. The Morgan fingerprint density at radius 3 is 2.63 bits per heavy atom. The average Bonchev–Trinajstić information content (AvgIpc) is 2.84. The topological polar surface area (TPSA) is 56.9 Å². The molecule has 4 heteroatoms. The van der Waals surface area contributed by atoms with Crippen LogP contribution in [0, 0.1) is 6.92 Å². The second-order valence-electron chi connectivity index (χ2n) is 4.64. The lowest BCUT2D eigenvalue weighted by Gasteiger charge is -2.15. The molecule has 19 heavy (non-hydrogen) atoms. The van der Waals surface area contributed by atoms with Crippen LogP contribution in [-0.4, -0.2) is 23.5 Å². The number of amides is 1. The molecule has 0 aliphatic heterocycles. The van der Waals surface area contributed by atoms with Crippen LogP contribution in [0.15, 0.2) is 42.6 Å². The van der Waals surface area contributed by atoms with Crippen molar-refractivity contribution in [2.75, 3.05) is 11.9 Å². The number of aromatic nitrogens is 1. The van der Waals surface area contributed by atoms with Crippen molar-refractivity contribution in [3.63, 3.8) is 0 Å². The lowest BCUT2D eigenvalue weighted by molar-refractivity contribution is 0.0941. The predicted molar refractivity (Wildman–Crippen MR) is 77.4 cm³/mol. The molecule has 1 atom stereocenters. The van der Waals surface area contributed by atoms with Crippen LogP contribution in [0.4, 0.5) is 5.69 Å². The van der Waals surface area contributed by atoms with Gasteiger partial charge in [0.15, 0.2) is 0 Å². The Hall–Kier alpha value is -2.23. The molecule has 3 N–H and O–H groups in total. The van der Waals surface area contributed by atoms with Crippen molar-refractivity contribution in [3.05, 3.63) is 53.9 Å². The third kappa shape index (κ3) is 3.61. The van der Waals surface area contributed by atoms with Crippen LogP contribution in [0.25, 0.3) is 0 Å². The fourth-order valence-corrected chi connectivity index (χ4v) is 1.88. The number of carbonyl (C=O) groups excluding carboxylic acids is 1. The van der Waals surface area contributed by atoms with Crippen molar-refractivity contribution in [2.45, 2.75) is 19.9 Å². The molecular formula is C15H19N3O. The Morgan fingerprint density at radius 1 is 1.26 bits per heavy atom. The van der Waals surface area contributed by atoms with Gasteiger partial charge in [0.05, 0.1) is 5.56 Å². The number of nitrogens with one attached hydrogen (secondary N) is 3. The van der Waals surface area contributed by atoms with Crippen LogP contribution in [-0.2, 0) is 0 Å². The van der Waals surface area contributed by atoms with E-state index in [-0.39, 0.29) is 11.9 Å². The third-order valence-corrected chi connectivity index (χ3v) is 2.96. The highest BCUT2D eigenvalue weighted by molar-refractivity contribution is 5.95. The molecule has 2 rings (SSSR count). The van der Waals surface area contributed by atoms with E-state index in [2.05, 4.69) is 15.6 Å². The van der Waals surface area contributed by atoms with Crippen molar-refractivity contribution in [1.82, 2.24) is 10.3 Å². The molecule has 0 fully saturated rings. The highest BCUT2D eigenvalue weighted by Gasteiger charge is 2.12. The molecule has 0 saturated carbocycles. The molecule has 0 unspecified atom stereocenters. The van der Waals surface area contributed by atoms with E-state index >= 15 is 0 Å². The number of carbonyl (C=O) groups is 1. The van der Waals surface area contributed by atoms with Crippen LogP contribution >= 0.6 is 0 Å². The highest BCUT2D eigenvalue weighted by atomic mass is 16.1. The molecule has 4 nitrogen and oxygen atoms in total. The number of aromatic amines is 1. The Labute approximate surface area is 113 Å². The van der Waals surface area contributed by atoms with Gasteiger partial charge < -0.3 is 15.6 Å². The zero-order chi connectivity index (χ0) is 13.7. The number of hydrogen-bond donors (Lipinski definition) is 3. The Bertz CT molecular complexity index is 533. The van der Waals surface area contributed by atoms with E-state index in [0.717, 1.165) is 11.4 Å². The first kappa shape index (κ1) is 13.2. The maximum absolute atomic E-state index is 12.0. The second kappa shape index (κ2) is 6.09. The molecule has 0 radical (unpaired) electrons. The molecule has 100 valence electrons. The van der Waals surface area contributed by atoms with Gasteiger partial charge in [0.25, 0.3) is 5.91 Å². The molecule has 1 amide bonds. The summed E-state index contributed by atoms with van der Waals surface area (Å²) in [7, 11) is 0. The number of hydrogen-bond acceptors (Lipinski definition) is 2. The summed E-state index contributed by atoms with van der Waals surface area (Å²) in [6.45, 7) is 4.57. The molecule has 0 aliphatic carbocycles. The summed E-state index contributed by atoms with van der Waals surface area (Å²) in [5, 5.41) is 6.26. The van der Waals surface area contributed by atoms with Gasteiger partial charge in [-0.1, -0.05) is 18.2 Å². The van der Waals surface area contributed by atoms with E-state index in [1.165, 1.54) is 0 Å². The molecule has 0 saturated heterocycles. The summed E-state index contributed by atoms with van der Waals surface area (Å²) < 4.78 is 0. The number of rotatable bonds is 5. The van der Waals surface area contributed by atoms with Crippen LogP contribution < -0.4 is 10.6 Å². The van der Waals surface area contributed by atoms with Crippen LogP contribution in [0.3, 0.4) is 0 Å². The number of H-pyrrole nitrogens is 1. The van der Waals surface area contributed by atoms with E-state index in [9.17, 15) is 4.79 Å². The van der Waals surface area contributed by atoms with Crippen molar-refractivity contribution < 1.29 is 4.79 Å². The van der Waals surface area contributed by atoms with E-state index in [4.69, 9.17) is 0 Å². The molecule has 0 spiro atoms. The molecule has 0 aliphatic rings. The fraction of sp³-hybridized carbons (Fsp3) is 0.267. The summed E-state index contributed by atoms with van der Waals surface area (Å²) in [4.78, 5) is 15.0. The number of benzene rings is 1. The fourth-order valence-electron chi connectivity index (χ4n) is 1.88. The number of anilines is 1. The highest BCUT2D eigenvalue weighted by Crippen LogP contribution is 2.06. The van der Waals surface area contributed by atoms with E-state index in [0.29, 0.717) is 12.1 Å².